The maximum absolute atomic E-state index is 12.0. The van der Waals surface area contributed by atoms with E-state index < -0.39 is 0 Å². The van der Waals surface area contributed by atoms with Crippen molar-refractivity contribution in [1.82, 2.24) is 19.4 Å². The Kier molecular flexibility index (Phi) is 5.41. The molecule has 140 valence electrons. The molecule has 2 N–H and O–H groups in total. The van der Waals surface area contributed by atoms with Gasteiger partial charge in [0, 0.05) is 39.0 Å². The second kappa shape index (κ2) is 7.74. The Morgan fingerprint density at radius 3 is 2.92 bits per heavy atom. The molecule has 26 heavy (non-hydrogen) atoms. The van der Waals surface area contributed by atoms with Crippen molar-refractivity contribution in [2.45, 2.75) is 31.8 Å². The minimum absolute atomic E-state index is 0.138. The number of furan rings is 1. The van der Waals surface area contributed by atoms with Crippen molar-refractivity contribution in [2.24, 2.45) is 5.73 Å². The third-order valence-corrected chi connectivity index (χ3v) is 4.60. The van der Waals surface area contributed by atoms with E-state index in [1.807, 2.05) is 10.6 Å². The second-order valence-electron chi connectivity index (χ2n) is 6.92. The molecule has 2 amide bonds. The van der Waals surface area contributed by atoms with Crippen molar-refractivity contribution < 1.29 is 14.0 Å². The van der Waals surface area contributed by atoms with Gasteiger partial charge in [-0.3, -0.25) is 14.5 Å². The van der Waals surface area contributed by atoms with Gasteiger partial charge in [-0.05, 0) is 31.5 Å². The standard InChI is InChI=1S/C18H25N5O3/c1-21(2)18(25)15-6-5-14(26-15)11-22-8-3-4-13(10-22)17-20-7-9-23(17)12-16(19)24/h5-7,9,13H,3-4,8,10-12H2,1-2H3,(H2,19,24). The number of imidazole rings is 1. The molecule has 0 saturated carbocycles. The average molecular weight is 359 g/mol. The Morgan fingerprint density at radius 2 is 2.19 bits per heavy atom. The molecule has 0 aromatic carbocycles. The summed E-state index contributed by atoms with van der Waals surface area (Å²) in [7, 11) is 3.40. The summed E-state index contributed by atoms with van der Waals surface area (Å²) in [4.78, 5) is 31.4. The predicted molar refractivity (Wildman–Crippen MR) is 95.4 cm³/mol. The van der Waals surface area contributed by atoms with Gasteiger partial charge in [-0.2, -0.15) is 0 Å². The lowest BCUT2D eigenvalue weighted by Gasteiger charge is -2.32. The van der Waals surface area contributed by atoms with E-state index in [9.17, 15) is 9.59 Å². The van der Waals surface area contributed by atoms with Gasteiger partial charge in [-0.15, -0.1) is 0 Å². The third-order valence-electron chi connectivity index (χ3n) is 4.60. The van der Waals surface area contributed by atoms with E-state index in [4.69, 9.17) is 10.2 Å². The summed E-state index contributed by atoms with van der Waals surface area (Å²) in [6.45, 7) is 2.59. The predicted octanol–water partition coefficient (Wildman–Crippen LogP) is 1.04. The van der Waals surface area contributed by atoms with Crippen LogP contribution in [0.15, 0.2) is 28.9 Å². The number of carbonyl (C=O) groups is 2. The van der Waals surface area contributed by atoms with Crippen LogP contribution in [0.1, 0.15) is 40.9 Å². The number of hydrogen-bond acceptors (Lipinski definition) is 5. The number of primary amides is 1. The van der Waals surface area contributed by atoms with Crippen molar-refractivity contribution in [3.63, 3.8) is 0 Å². The van der Waals surface area contributed by atoms with E-state index in [1.165, 1.54) is 4.90 Å². The molecule has 0 radical (unpaired) electrons. The molecular formula is C18H25N5O3. The molecule has 1 saturated heterocycles. The molecule has 3 heterocycles. The highest BCUT2D eigenvalue weighted by Gasteiger charge is 2.26. The van der Waals surface area contributed by atoms with Gasteiger partial charge in [-0.25, -0.2) is 4.98 Å². The van der Waals surface area contributed by atoms with Crippen molar-refractivity contribution >= 4 is 11.8 Å². The van der Waals surface area contributed by atoms with Crippen LogP contribution in [0.5, 0.6) is 0 Å². The van der Waals surface area contributed by atoms with Crippen molar-refractivity contribution in [1.29, 1.82) is 0 Å². The van der Waals surface area contributed by atoms with Crippen LogP contribution in [-0.4, -0.2) is 58.4 Å². The third kappa shape index (κ3) is 4.13. The molecule has 1 fully saturated rings. The second-order valence-corrected chi connectivity index (χ2v) is 6.92. The van der Waals surface area contributed by atoms with Gasteiger partial charge >= 0.3 is 0 Å². The number of carbonyl (C=O) groups excluding carboxylic acids is 2. The van der Waals surface area contributed by atoms with Crippen LogP contribution in [0.4, 0.5) is 0 Å². The van der Waals surface area contributed by atoms with Crippen molar-refractivity contribution in [3.8, 4) is 0 Å². The summed E-state index contributed by atoms with van der Waals surface area (Å²) in [5.41, 5.74) is 5.32. The van der Waals surface area contributed by atoms with Crippen LogP contribution >= 0.6 is 0 Å². The molecule has 0 spiro atoms. The SMILES string of the molecule is CN(C)C(=O)c1ccc(CN2CCCC(c3nccn3CC(N)=O)C2)o1. The molecule has 1 unspecified atom stereocenters. The number of nitrogens with zero attached hydrogens (tertiary/aromatic N) is 4. The first-order chi connectivity index (χ1) is 12.4. The molecule has 0 bridgehead atoms. The summed E-state index contributed by atoms with van der Waals surface area (Å²) in [5.74, 6) is 1.77. The largest absolute Gasteiger partial charge is 0.455 e. The quantitative estimate of drug-likeness (QED) is 0.831. The lowest BCUT2D eigenvalue weighted by Crippen LogP contribution is -2.35. The first kappa shape index (κ1) is 18.2. The highest BCUT2D eigenvalue weighted by Crippen LogP contribution is 2.27. The monoisotopic (exact) mass is 359 g/mol. The van der Waals surface area contributed by atoms with Crippen LogP contribution in [0.25, 0.3) is 0 Å². The smallest absolute Gasteiger partial charge is 0.289 e. The van der Waals surface area contributed by atoms with Gasteiger partial charge in [0.15, 0.2) is 5.76 Å². The van der Waals surface area contributed by atoms with Crippen molar-refractivity contribution in [2.75, 3.05) is 27.2 Å². The van der Waals surface area contributed by atoms with Gasteiger partial charge in [0.25, 0.3) is 5.91 Å². The zero-order valence-corrected chi connectivity index (χ0v) is 15.2. The lowest BCUT2D eigenvalue weighted by atomic mass is 9.97. The van der Waals surface area contributed by atoms with Crippen LogP contribution in [0.2, 0.25) is 0 Å². The fourth-order valence-corrected chi connectivity index (χ4v) is 3.41. The molecule has 8 nitrogen and oxygen atoms in total. The summed E-state index contributed by atoms with van der Waals surface area (Å²) in [6, 6.07) is 3.58. The Bertz CT molecular complexity index is 779. The van der Waals surface area contributed by atoms with Crippen LogP contribution < -0.4 is 5.73 Å². The highest BCUT2D eigenvalue weighted by atomic mass is 16.4. The molecule has 2 aromatic heterocycles. The van der Waals surface area contributed by atoms with E-state index in [2.05, 4.69) is 9.88 Å². The number of aromatic nitrogens is 2. The number of hydrogen-bond donors (Lipinski definition) is 1. The lowest BCUT2D eigenvalue weighted by molar-refractivity contribution is -0.118. The minimum atomic E-state index is -0.370. The number of piperidine rings is 1. The Morgan fingerprint density at radius 1 is 1.38 bits per heavy atom. The molecule has 3 rings (SSSR count). The first-order valence-corrected chi connectivity index (χ1v) is 8.76. The fraction of sp³-hybridized carbons (Fsp3) is 0.500. The van der Waals surface area contributed by atoms with Gasteiger partial charge < -0.3 is 19.6 Å². The Hall–Kier alpha value is -2.61. The van der Waals surface area contributed by atoms with E-state index in [1.54, 1.807) is 32.6 Å². The van der Waals surface area contributed by atoms with E-state index >= 15 is 0 Å². The minimum Gasteiger partial charge on any atom is -0.455 e. The number of amides is 2. The molecule has 1 aliphatic rings. The fourth-order valence-electron chi connectivity index (χ4n) is 3.41. The summed E-state index contributed by atoms with van der Waals surface area (Å²) in [6.07, 6.45) is 5.57. The van der Waals surface area contributed by atoms with E-state index in [0.29, 0.717) is 12.3 Å². The van der Waals surface area contributed by atoms with E-state index in [0.717, 1.165) is 37.5 Å². The first-order valence-electron chi connectivity index (χ1n) is 8.76. The van der Waals surface area contributed by atoms with Crippen molar-refractivity contribution in [3.05, 3.63) is 41.9 Å². The zero-order valence-electron chi connectivity index (χ0n) is 15.2. The van der Waals surface area contributed by atoms with Gasteiger partial charge in [-0.1, -0.05) is 0 Å². The molecule has 1 atom stereocenters. The van der Waals surface area contributed by atoms with Crippen LogP contribution in [-0.2, 0) is 17.9 Å². The topological polar surface area (TPSA) is 97.6 Å². The van der Waals surface area contributed by atoms with Crippen LogP contribution in [0, 0.1) is 0 Å². The van der Waals surface area contributed by atoms with E-state index in [-0.39, 0.29) is 24.3 Å². The number of rotatable bonds is 6. The molecular weight excluding hydrogens is 334 g/mol. The summed E-state index contributed by atoms with van der Waals surface area (Å²) >= 11 is 0. The molecule has 8 heteroatoms. The van der Waals surface area contributed by atoms with Gasteiger partial charge in [0.1, 0.15) is 18.1 Å². The summed E-state index contributed by atoms with van der Waals surface area (Å²) < 4.78 is 7.53. The highest BCUT2D eigenvalue weighted by molar-refractivity contribution is 5.91. The summed E-state index contributed by atoms with van der Waals surface area (Å²) in [5, 5.41) is 0. The molecule has 0 aliphatic carbocycles. The maximum atomic E-state index is 12.0. The van der Waals surface area contributed by atoms with Gasteiger partial charge in [0.05, 0.1) is 6.54 Å². The zero-order chi connectivity index (χ0) is 18.7. The molecule has 2 aromatic rings. The maximum Gasteiger partial charge on any atom is 0.289 e. The van der Waals surface area contributed by atoms with Crippen LogP contribution in [0.3, 0.4) is 0 Å². The molecule has 1 aliphatic heterocycles. The Labute approximate surface area is 152 Å². The number of likely N-dealkylation sites (tertiary alicyclic amines) is 1. The van der Waals surface area contributed by atoms with Gasteiger partial charge in [0.2, 0.25) is 5.91 Å². The number of nitrogens with two attached hydrogens (primary N) is 1. The Balaban J connectivity index is 1.65. The normalized spacial score (nSPS) is 18.0. The average Bonchev–Trinajstić information content (AvgIpc) is 3.23.